The molecule has 0 atom stereocenters. The highest BCUT2D eigenvalue weighted by molar-refractivity contribution is 9.10. The molecule has 1 N–H and O–H groups in total. The van der Waals surface area contributed by atoms with Gasteiger partial charge >= 0.3 is 0 Å². The Morgan fingerprint density at radius 3 is 2.69 bits per heavy atom. The fourth-order valence-corrected chi connectivity index (χ4v) is 4.44. The van der Waals surface area contributed by atoms with Crippen LogP contribution in [0.25, 0.3) is 0 Å². The molecular formula is C23H19BrN2O3. The van der Waals surface area contributed by atoms with E-state index in [2.05, 4.69) is 21.2 Å². The molecule has 2 heterocycles. The molecule has 1 fully saturated rings. The quantitative estimate of drug-likeness (QED) is 0.613. The van der Waals surface area contributed by atoms with Gasteiger partial charge in [-0.1, -0.05) is 28.1 Å². The number of fused-ring (bicyclic) bond motifs is 1. The summed E-state index contributed by atoms with van der Waals surface area (Å²) in [6, 6.07) is 15.4. The Bertz CT molecular complexity index is 1100. The van der Waals surface area contributed by atoms with E-state index < -0.39 is 5.41 Å². The first-order valence-electron chi connectivity index (χ1n) is 9.61. The number of benzene rings is 2. The van der Waals surface area contributed by atoms with Gasteiger partial charge in [0.25, 0.3) is 5.91 Å². The van der Waals surface area contributed by atoms with Crippen LogP contribution in [-0.4, -0.2) is 18.4 Å². The molecule has 5 nitrogen and oxygen atoms in total. The van der Waals surface area contributed by atoms with Crippen LogP contribution >= 0.6 is 15.9 Å². The first-order chi connectivity index (χ1) is 14.1. The van der Waals surface area contributed by atoms with E-state index in [1.54, 1.807) is 11.0 Å². The molecule has 29 heavy (non-hydrogen) atoms. The van der Waals surface area contributed by atoms with Crippen LogP contribution in [-0.2, 0) is 16.6 Å². The topological polar surface area (TPSA) is 62.6 Å². The first-order valence-corrected chi connectivity index (χ1v) is 10.4. The number of furan rings is 1. The summed E-state index contributed by atoms with van der Waals surface area (Å²) in [4.78, 5) is 27.4. The third kappa shape index (κ3) is 3.17. The van der Waals surface area contributed by atoms with Crippen LogP contribution < -0.4 is 10.2 Å². The fourth-order valence-electron chi connectivity index (χ4n) is 4.04. The highest BCUT2D eigenvalue weighted by atomic mass is 79.9. The molecule has 5 rings (SSSR count). The molecule has 146 valence electrons. The Labute approximate surface area is 176 Å². The molecule has 0 radical (unpaired) electrons. The second-order valence-corrected chi connectivity index (χ2v) is 8.52. The summed E-state index contributed by atoms with van der Waals surface area (Å²) in [5.74, 6) is -0.0410. The molecule has 1 aliphatic heterocycles. The molecule has 0 saturated heterocycles. The van der Waals surface area contributed by atoms with Crippen molar-refractivity contribution in [2.75, 3.05) is 16.8 Å². The van der Waals surface area contributed by atoms with Gasteiger partial charge < -0.3 is 14.6 Å². The molecule has 1 saturated carbocycles. The van der Waals surface area contributed by atoms with E-state index in [1.165, 1.54) is 12.5 Å². The smallest absolute Gasteiger partial charge is 0.261 e. The van der Waals surface area contributed by atoms with E-state index >= 15 is 0 Å². The normalized spacial score (nSPS) is 16.4. The monoisotopic (exact) mass is 450 g/mol. The van der Waals surface area contributed by atoms with Crippen molar-refractivity contribution >= 4 is 39.1 Å². The Hall–Kier alpha value is -2.86. The number of amides is 2. The maximum Gasteiger partial charge on any atom is 0.261 e. The van der Waals surface area contributed by atoms with Crippen LogP contribution in [0.2, 0.25) is 0 Å². The third-order valence-corrected chi connectivity index (χ3v) is 6.30. The van der Waals surface area contributed by atoms with Gasteiger partial charge in [0.2, 0.25) is 5.91 Å². The molecule has 1 aliphatic carbocycles. The molecule has 6 heteroatoms. The number of carbonyl (C=O) groups is 2. The maximum atomic E-state index is 13.0. The van der Waals surface area contributed by atoms with Crippen molar-refractivity contribution in [3.63, 3.8) is 0 Å². The second-order valence-electron chi connectivity index (χ2n) is 7.61. The van der Waals surface area contributed by atoms with Crippen LogP contribution in [0.5, 0.6) is 0 Å². The first kappa shape index (κ1) is 18.2. The standard InChI is InChI=1S/C23H19BrN2O3/c24-18-3-1-2-17(13-18)23(8-9-23)22(28)25-19-4-5-20-15(12-19)6-10-26(20)21(27)16-7-11-29-14-16/h1-5,7,11-14H,6,8-10H2,(H,25,28). The number of anilines is 2. The molecule has 1 aromatic heterocycles. The van der Waals surface area contributed by atoms with E-state index in [-0.39, 0.29) is 11.8 Å². The highest BCUT2D eigenvalue weighted by Gasteiger charge is 2.51. The largest absolute Gasteiger partial charge is 0.472 e. The summed E-state index contributed by atoms with van der Waals surface area (Å²) in [7, 11) is 0. The minimum Gasteiger partial charge on any atom is -0.472 e. The molecular weight excluding hydrogens is 432 g/mol. The van der Waals surface area contributed by atoms with Crippen molar-refractivity contribution < 1.29 is 14.0 Å². The van der Waals surface area contributed by atoms with Gasteiger partial charge in [0.05, 0.1) is 17.2 Å². The lowest BCUT2D eigenvalue weighted by atomic mass is 9.95. The van der Waals surface area contributed by atoms with E-state index in [0.717, 1.165) is 46.2 Å². The summed E-state index contributed by atoms with van der Waals surface area (Å²) in [5, 5.41) is 3.09. The Kier molecular flexibility index (Phi) is 4.32. The van der Waals surface area contributed by atoms with Crippen molar-refractivity contribution in [2.45, 2.75) is 24.7 Å². The number of halogens is 1. The second kappa shape index (κ2) is 6.88. The van der Waals surface area contributed by atoms with Gasteiger partial charge in [-0.3, -0.25) is 9.59 Å². The summed E-state index contributed by atoms with van der Waals surface area (Å²) >= 11 is 3.49. The van der Waals surface area contributed by atoms with Crippen molar-refractivity contribution in [2.24, 2.45) is 0 Å². The maximum absolute atomic E-state index is 13.0. The number of hydrogen-bond acceptors (Lipinski definition) is 3. The lowest BCUT2D eigenvalue weighted by Gasteiger charge is -2.18. The van der Waals surface area contributed by atoms with Crippen molar-refractivity contribution in [3.8, 4) is 0 Å². The summed E-state index contributed by atoms with van der Waals surface area (Å²) in [6.45, 7) is 0.624. The van der Waals surface area contributed by atoms with E-state index in [1.807, 2.05) is 42.5 Å². The average molecular weight is 451 g/mol. The fraction of sp³-hybridized carbons (Fsp3) is 0.217. The van der Waals surface area contributed by atoms with Crippen LogP contribution in [0.4, 0.5) is 11.4 Å². The zero-order chi connectivity index (χ0) is 20.0. The summed E-state index contributed by atoms with van der Waals surface area (Å²) in [6.07, 6.45) is 5.44. The van der Waals surface area contributed by atoms with Crippen LogP contribution in [0, 0.1) is 0 Å². The van der Waals surface area contributed by atoms with E-state index in [4.69, 9.17) is 4.42 Å². The predicted molar refractivity (Wildman–Crippen MR) is 114 cm³/mol. The minimum atomic E-state index is -0.438. The molecule has 2 aromatic carbocycles. The molecule has 0 bridgehead atoms. The number of nitrogens with zero attached hydrogens (tertiary/aromatic N) is 1. The lowest BCUT2D eigenvalue weighted by molar-refractivity contribution is -0.118. The zero-order valence-corrected chi connectivity index (χ0v) is 17.2. The summed E-state index contributed by atoms with van der Waals surface area (Å²) in [5.41, 5.74) is 3.87. The van der Waals surface area contributed by atoms with Crippen molar-refractivity contribution in [3.05, 3.63) is 82.2 Å². The zero-order valence-electron chi connectivity index (χ0n) is 15.7. The van der Waals surface area contributed by atoms with Crippen molar-refractivity contribution in [1.29, 1.82) is 0 Å². The van der Waals surface area contributed by atoms with E-state index in [0.29, 0.717) is 12.1 Å². The van der Waals surface area contributed by atoms with E-state index in [9.17, 15) is 9.59 Å². The van der Waals surface area contributed by atoms with Gasteiger partial charge in [-0.15, -0.1) is 0 Å². The van der Waals surface area contributed by atoms with Crippen LogP contribution in [0.15, 0.2) is 69.9 Å². The highest BCUT2D eigenvalue weighted by Crippen LogP contribution is 2.49. The van der Waals surface area contributed by atoms with Gasteiger partial charge in [0, 0.05) is 22.4 Å². The Morgan fingerprint density at radius 1 is 1.10 bits per heavy atom. The molecule has 0 unspecified atom stereocenters. The van der Waals surface area contributed by atoms with Crippen LogP contribution in [0.3, 0.4) is 0 Å². The number of nitrogens with one attached hydrogen (secondary N) is 1. The predicted octanol–water partition coefficient (Wildman–Crippen LogP) is 4.92. The van der Waals surface area contributed by atoms with Gasteiger partial charge in [-0.25, -0.2) is 0 Å². The van der Waals surface area contributed by atoms with Gasteiger partial charge in [0.1, 0.15) is 6.26 Å². The van der Waals surface area contributed by atoms with Gasteiger partial charge in [0.15, 0.2) is 0 Å². The molecule has 2 amide bonds. The number of carbonyl (C=O) groups excluding carboxylic acids is 2. The molecule has 2 aliphatic rings. The minimum absolute atomic E-state index is 0.0277. The van der Waals surface area contributed by atoms with Gasteiger partial charge in [-0.05, 0) is 66.8 Å². The SMILES string of the molecule is O=C(c1ccoc1)N1CCc2cc(NC(=O)C3(c4cccc(Br)c4)CC3)ccc21. The lowest BCUT2D eigenvalue weighted by Crippen LogP contribution is -2.28. The number of rotatable bonds is 4. The Morgan fingerprint density at radius 2 is 1.97 bits per heavy atom. The van der Waals surface area contributed by atoms with Crippen LogP contribution in [0.1, 0.15) is 34.3 Å². The third-order valence-electron chi connectivity index (χ3n) is 5.81. The number of hydrogen-bond donors (Lipinski definition) is 1. The summed E-state index contributed by atoms with van der Waals surface area (Å²) < 4.78 is 6.01. The molecule has 0 spiro atoms. The average Bonchev–Trinajstić information content (AvgIpc) is 3.16. The Balaban J connectivity index is 1.35. The molecule has 3 aromatic rings. The van der Waals surface area contributed by atoms with Gasteiger partial charge in [-0.2, -0.15) is 0 Å². The van der Waals surface area contributed by atoms with Crippen molar-refractivity contribution in [1.82, 2.24) is 0 Å².